The Bertz CT molecular complexity index is 885. The van der Waals surface area contributed by atoms with Crippen molar-refractivity contribution in [2.24, 2.45) is 0 Å². The number of ether oxygens (including phenoxy) is 1. The van der Waals surface area contributed by atoms with Crippen molar-refractivity contribution in [2.75, 3.05) is 32.0 Å². The standard InChI is InChI=1S/C18H20FN5O3/c1-22-11-18(27-17(22)26)5-6-23(12-18)16(25)21-15-8-20-24(10-15)9-13-3-2-4-14(19)7-13/h2-4,7-8,10H,5-6,9,11-12H2,1H3,(H,21,25). The van der Waals surface area contributed by atoms with Gasteiger partial charge in [0.05, 0.1) is 31.5 Å². The lowest BCUT2D eigenvalue weighted by Crippen LogP contribution is -2.40. The lowest BCUT2D eigenvalue weighted by Gasteiger charge is -2.21. The Balaban J connectivity index is 1.35. The number of likely N-dealkylation sites (N-methyl/N-ethyl adjacent to an activating group) is 1. The van der Waals surface area contributed by atoms with E-state index in [0.717, 1.165) is 5.56 Å². The molecule has 2 fully saturated rings. The minimum absolute atomic E-state index is 0.261. The quantitative estimate of drug-likeness (QED) is 0.894. The maximum atomic E-state index is 13.3. The number of likely N-dealkylation sites (tertiary alicyclic amines) is 1. The van der Waals surface area contributed by atoms with Crippen LogP contribution in [0.2, 0.25) is 0 Å². The maximum Gasteiger partial charge on any atom is 0.410 e. The summed E-state index contributed by atoms with van der Waals surface area (Å²) < 4.78 is 20.3. The number of hydrogen-bond donors (Lipinski definition) is 1. The van der Waals surface area contributed by atoms with E-state index in [2.05, 4.69) is 10.4 Å². The van der Waals surface area contributed by atoms with Crippen molar-refractivity contribution >= 4 is 17.8 Å². The van der Waals surface area contributed by atoms with Gasteiger partial charge in [0.2, 0.25) is 0 Å². The van der Waals surface area contributed by atoms with E-state index in [1.54, 1.807) is 35.1 Å². The van der Waals surface area contributed by atoms with Gasteiger partial charge in [0.1, 0.15) is 5.82 Å². The van der Waals surface area contributed by atoms with Crippen LogP contribution in [0.3, 0.4) is 0 Å². The monoisotopic (exact) mass is 373 g/mol. The Labute approximate surface area is 155 Å². The van der Waals surface area contributed by atoms with Crippen LogP contribution in [0, 0.1) is 5.82 Å². The van der Waals surface area contributed by atoms with Gasteiger partial charge in [-0.3, -0.25) is 4.68 Å². The van der Waals surface area contributed by atoms with Crippen molar-refractivity contribution in [3.05, 3.63) is 48.0 Å². The second kappa shape index (κ2) is 6.57. The summed E-state index contributed by atoms with van der Waals surface area (Å²) >= 11 is 0. The summed E-state index contributed by atoms with van der Waals surface area (Å²) in [4.78, 5) is 27.3. The Hall–Kier alpha value is -3.10. The van der Waals surface area contributed by atoms with Gasteiger partial charge in [0.15, 0.2) is 5.60 Å². The molecule has 2 aliphatic rings. The lowest BCUT2D eigenvalue weighted by atomic mass is 10.0. The Morgan fingerprint density at radius 1 is 1.41 bits per heavy atom. The molecule has 0 aliphatic carbocycles. The van der Waals surface area contributed by atoms with Crippen LogP contribution in [-0.2, 0) is 11.3 Å². The molecule has 2 aromatic rings. The van der Waals surface area contributed by atoms with E-state index in [1.807, 2.05) is 6.07 Å². The molecule has 3 amide bonds. The molecule has 0 saturated carbocycles. The summed E-state index contributed by atoms with van der Waals surface area (Å²) in [6.45, 7) is 1.78. The summed E-state index contributed by atoms with van der Waals surface area (Å²) in [5.41, 5.74) is 0.729. The molecule has 9 heteroatoms. The Kier molecular flexibility index (Phi) is 4.21. The highest BCUT2D eigenvalue weighted by Crippen LogP contribution is 2.32. The molecule has 1 aromatic carbocycles. The van der Waals surface area contributed by atoms with Crippen LogP contribution in [-0.4, -0.2) is 64.0 Å². The fourth-order valence-electron chi connectivity index (χ4n) is 3.56. The number of amides is 3. The lowest BCUT2D eigenvalue weighted by molar-refractivity contribution is 0.0663. The van der Waals surface area contributed by atoms with Gasteiger partial charge in [-0.25, -0.2) is 14.0 Å². The average molecular weight is 373 g/mol. The van der Waals surface area contributed by atoms with Crippen LogP contribution in [0.15, 0.2) is 36.7 Å². The molecular weight excluding hydrogens is 353 g/mol. The third-order valence-electron chi connectivity index (χ3n) is 4.86. The zero-order chi connectivity index (χ0) is 19.0. The topological polar surface area (TPSA) is 79.7 Å². The number of carbonyl (C=O) groups is 2. The highest BCUT2D eigenvalue weighted by atomic mass is 19.1. The number of rotatable bonds is 3. The molecule has 1 atom stereocenters. The molecule has 1 spiro atoms. The number of nitrogens with zero attached hydrogens (tertiary/aromatic N) is 4. The summed E-state index contributed by atoms with van der Waals surface area (Å²) in [7, 11) is 1.69. The summed E-state index contributed by atoms with van der Waals surface area (Å²) in [5.74, 6) is -0.297. The maximum absolute atomic E-state index is 13.3. The van der Waals surface area contributed by atoms with Crippen molar-refractivity contribution < 1.29 is 18.7 Å². The summed E-state index contributed by atoms with van der Waals surface area (Å²) in [6.07, 6.45) is 3.51. The van der Waals surface area contributed by atoms with Crippen LogP contribution < -0.4 is 5.32 Å². The van der Waals surface area contributed by atoms with Gasteiger partial charge in [-0.15, -0.1) is 0 Å². The second-order valence-corrected chi connectivity index (χ2v) is 7.07. The number of carbonyl (C=O) groups excluding carboxylic acids is 2. The predicted octanol–water partition coefficient (Wildman–Crippen LogP) is 2.13. The molecule has 2 aliphatic heterocycles. The van der Waals surface area contributed by atoms with Gasteiger partial charge in [-0.1, -0.05) is 12.1 Å². The molecule has 1 aromatic heterocycles. The molecule has 1 unspecified atom stereocenters. The molecule has 27 heavy (non-hydrogen) atoms. The number of halogens is 1. The predicted molar refractivity (Wildman–Crippen MR) is 94.8 cm³/mol. The highest BCUT2D eigenvalue weighted by molar-refractivity contribution is 5.89. The fraction of sp³-hybridized carbons (Fsp3) is 0.389. The van der Waals surface area contributed by atoms with Crippen molar-refractivity contribution in [2.45, 2.75) is 18.6 Å². The first-order valence-corrected chi connectivity index (χ1v) is 8.69. The van der Waals surface area contributed by atoms with Crippen LogP contribution in [0.4, 0.5) is 19.7 Å². The first-order chi connectivity index (χ1) is 12.9. The van der Waals surface area contributed by atoms with Gasteiger partial charge in [-0.05, 0) is 17.7 Å². The van der Waals surface area contributed by atoms with Crippen molar-refractivity contribution in [1.29, 1.82) is 0 Å². The Morgan fingerprint density at radius 2 is 2.26 bits per heavy atom. The van der Waals surface area contributed by atoms with Crippen LogP contribution >= 0.6 is 0 Å². The number of anilines is 1. The van der Waals surface area contributed by atoms with E-state index in [4.69, 9.17) is 4.74 Å². The molecule has 0 bridgehead atoms. The van der Waals surface area contributed by atoms with E-state index in [-0.39, 0.29) is 17.9 Å². The zero-order valence-corrected chi connectivity index (χ0v) is 14.9. The molecular formula is C18H20FN5O3. The zero-order valence-electron chi connectivity index (χ0n) is 14.9. The molecule has 2 saturated heterocycles. The van der Waals surface area contributed by atoms with Crippen LogP contribution in [0.5, 0.6) is 0 Å². The van der Waals surface area contributed by atoms with Crippen LogP contribution in [0.1, 0.15) is 12.0 Å². The number of nitrogens with one attached hydrogen (secondary N) is 1. The van der Waals surface area contributed by atoms with Gasteiger partial charge in [-0.2, -0.15) is 5.10 Å². The molecule has 0 radical (unpaired) electrons. The van der Waals surface area contributed by atoms with Crippen molar-refractivity contribution in [1.82, 2.24) is 19.6 Å². The molecule has 8 nitrogen and oxygen atoms in total. The minimum Gasteiger partial charge on any atom is -0.439 e. The minimum atomic E-state index is -0.606. The molecule has 3 heterocycles. The molecule has 4 rings (SSSR count). The Morgan fingerprint density at radius 3 is 3.00 bits per heavy atom. The van der Waals surface area contributed by atoms with E-state index in [0.29, 0.717) is 38.3 Å². The van der Waals surface area contributed by atoms with Crippen LogP contribution in [0.25, 0.3) is 0 Å². The third kappa shape index (κ3) is 3.57. The average Bonchev–Trinajstić information content (AvgIpc) is 3.29. The highest BCUT2D eigenvalue weighted by Gasteiger charge is 2.49. The normalized spacial score (nSPS) is 21.8. The first kappa shape index (κ1) is 17.3. The van der Waals surface area contributed by atoms with Crippen molar-refractivity contribution in [3.8, 4) is 0 Å². The van der Waals surface area contributed by atoms with E-state index < -0.39 is 5.60 Å². The number of hydrogen-bond acceptors (Lipinski definition) is 4. The number of benzene rings is 1. The third-order valence-corrected chi connectivity index (χ3v) is 4.86. The summed E-state index contributed by atoms with van der Waals surface area (Å²) in [6, 6.07) is 6.03. The van der Waals surface area contributed by atoms with Gasteiger partial charge >= 0.3 is 12.1 Å². The largest absolute Gasteiger partial charge is 0.439 e. The van der Waals surface area contributed by atoms with Crippen molar-refractivity contribution in [3.63, 3.8) is 0 Å². The van der Waals surface area contributed by atoms with Gasteiger partial charge in [0.25, 0.3) is 0 Å². The van der Waals surface area contributed by atoms with Gasteiger partial charge in [0, 0.05) is 26.2 Å². The second-order valence-electron chi connectivity index (χ2n) is 7.07. The summed E-state index contributed by atoms with van der Waals surface area (Å²) in [5, 5.41) is 7.00. The first-order valence-electron chi connectivity index (χ1n) is 8.69. The molecule has 1 N–H and O–H groups in total. The van der Waals surface area contributed by atoms with E-state index in [9.17, 15) is 14.0 Å². The number of urea groups is 1. The smallest absolute Gasteiger partial charge is 0.410 e. The van der Waals surface area contributed by atoms with Gasteiger partial charge < -0.3 is 19.9 Å². The molecule has 142 valence electrons. The number of aromatic nitrogens is 2. The SMILES string of the molecule is CN1CC2(CCN(C(=O)Nc3cnn(Cc4cccc(F)c4)c3)C2)OC1=O. The fourth-order valence-corrected chi connectivity index (χ4v) is 3.56. The van der Waals surface area contributed by atoms with E-state index >= 15 is 0 Å². The van der Waals surface area contributed by atoms with E-state index in [1.165, 1.54) is 17.0 Å².